The van der Waals surface area contributed by atoms with E-state index in [1.807, 2.05) is 23.1 Å². The quantitative estimate of drug-likeness (QED) is 0.743. The van der Waals surface area contributed by atoms with Crippen LogP contribution in [0.2, 0.25) is 5.02 Å². The van der Waals surface area contributed by atoms with Crippen molar-refractivity contribution < 1.29 is 19.0 Å². The molecule has 0 aliphatic carbocycles. The van der Waals surface area contributed by atoms with Gasteiger partial charge in [-0.05, 0) is 54.8 Å². The zero-order valence-electron chi connectivity index (χ0n) is 15.6. The molecule has 5 nitrogen and oxygen atoms in total. The summed E-state index contributed by atoms with van der Waals surface area (Å²) in [4.78, 5) is 14.5. The molecule has 1 heterocycles. The number of benzene rings is 2. The van der Waals surface area contributed by atoms with Gasteiger partial charge in [-0.1, -0.05) is 11.6 Å². The zero-order chi connectivity index (χ0) is 19.2. The van der Waals surface area contributed by atoms with Gasteiger partial charge < -0.3 is 19.1 Å². The zero-order valence-corrected chi connectivity index (χ0v) is 16.4. The highest BCUT2D eigenvalue weighted by Gasteiger charge is 2.25. The fourth-order valence-corrected chi connectivity index (χ4v) is 3.32. The van der Waals surface area contributed by atoms with Crippen LogP contribution in [-0.2, 0) is 11.3 Å². The highest BCUT2D eigenvalue weighted by molar-refractivity contribution is 6.30. The average Bonchev–Trinajstić information content (AvgIpc) is 2.72. The van der Waals surface area contributed by atoms with Crippen LogP contribution in [-0.4, -0.2) is 44.2 Å². The van der Waals surface area contributed by atoms with Crippen molar-refractivity contribution in [3.63, 3.8) is 0 Å². The number of piperidine rings is 1. The van der Waals surface area contributed by atoms with Crippen LogP contribution in [0, 0.1) is 0 Å². The molecule has 0 N–H and O–H groups in total. The topological polar surface area (TPSA) is 48.0 Å². The van der Waals surface area contributed by atoms with Gasteiger partial charge in [0, 0.05) is 29.7 Å². The summed E-state index contributed by atoms with van der Waals surface area (Å²) in [7, 11) is 3.25. The molecular formula is C21H24ClNO4. The maximum atomic E-state index is 12.7. The number of nitrogens with zero attached hydrogens (tertiary/aromatic N) is 1. The number of carbonyl (C=O) groups is 1. The van der Waals surface area contributed by atoms with Crippen molar-refractivity contribution in [3.05, 3.63) is 58.6 Å². The highest BCUT2D eigenvalue weighted by atomic mass is 35.5. The second kappa shape index (κ2) is 9.11. The first-order chi connectivity index (χ1) is 13.1. The molecule has 2 aromatic carbocycles. The number of likely N-dealkylation sites (tertiary alicyclic amines) is 1. The lowest BCUT2D eigenvalue weighted by Gasteiger charge is -2.32. The smallest absolute Gasteiger partial charge is 0.253 e. The molecule has 1 aliphatic heterocycles. The number of rotatable bonds is 6. The van der Waals surface area contributed by atoms with Crippen LogP contribution in [0.3, 0.4) is 0 Å². The molecule has 3 rings (SSSR count). The molecule has 1 amide bonds. The summed E-state index contributed by atoms with van der Waals surface area (Å²) >= 11 is 5.91. The van der Waals surface area contributed by atoms with E-state index in [9.17, 15) is 4.79 Å². The van der Waals surface area contributed by atoms with Crippen LogP contribution in [0.15, 0.2) is 42.5 Å². The molecule has 0 radical (unpaired) electrons. The second-order valence-corrected chi connectivity index (χ2v) is 6.99. The van der Waals surface area contributed by atoms with Gasteiger partial charge in [-0.25, -0.2) is 0 Å². The van der Waals surface area contributed by atoms with Crippen molar-refractivity contribution >= 4 is 17.5 Å². The molecule has 1 unspecified atom stereocenters. The number of ether oxygens (including phenoxy) is 3. The number of carbonyl (C=O) groups excluding carboxylic acids is 1. The van der Waals surface area contributed by atoms with E-state index in [-0.39, 0.29) is 12.0 Å². The summed E-state index contributed by atoms with van der Waals surface area (Å²) in [6, 6.07) is 12.7. The largest absolute Gasteiger partial charge is 0.497 e. The number of methoxy groups -OCH3 is 2. The molecule has 2 aromatic rings. The lowest BCUT2D eigenvalue weighted by molar-refractivity contribution is -0.00681. The van der Waals surface area contributed by atoms with Gasteiger partial charge in [-0.15, -0.1) is 0 Å². The minimum atomic E-state index is 0.00666. The van der Waals surface area contributed by atoms with Gasteiger partial charge >= 0.3 is 0 Å². The minimum Gasteiger partial charge on any atom is -0.497 e. The van der Waals surface area contributed by atoms with Crippen molar-refractivity contribution in [3.8, 4) is 11.5 Å². The first-order valence-electron chi connectivity index (χ1n) is 8.97. The van der Waals surface area contributed by atoms with Gasteiger partial charge in [0.15, 0.2) is 0 Å². The Morgan fingerprint density at radius 1 is 1.11 bits per heavy atom. The van der Waals surface area contributed by atoms with Crippen molar-refractivity contribution in [1.29, 1.82) is 0 Å². The van der Waals surface area contributed by atoms with E-state index in [2.05, 4.69) is 0 Å². The predicted octanol–water partition coefficient (Wildman–Crippen LogP) is 4.18. The molecule has 27 heavy (non-hydrogen) atoms. The first-order valence-corrected chi connectivity index (χ1v) is 9.35. The van der Waals surface area contributed by atoms with E-state index in [1.165, 1.54) is 0 Å². The van der Waals surface area contributed by atoms with Crippen LogP contribution in [0.5, 0.6) is 11.5 Å². The number of hydrogen-bond donors (Lipinski definition) is 0. The summed E-state index contributed by atoms with van der Waals surface area (Å²) in [5.41, 5.74) is 1.63. The fraction of sp³-hybridized carbons (Fsp3) is 0.381. The third-order valence-corrected chi connectivity index (χ3v) is 4.91. The van der Waals surface area contributed by atoms with Crippen LogP contribution < -0.4 is 9.47 Å². The molecule has 1 saturated heterocycles. The Morgan fingerprint density at radius 3 is 2.41 bits per heavy atom. The third-order valence-electron chi connectivity index (χ3n) is 4.65. The minimum absolute atomic E-state index is 0.00666. The van der Waals surface area contributed by atoms with E-state index in [0.29, 0.717) is 23.7 Å². The third kappa shape index (κ3) is 5.15. The van der Waals surface area contributed by atoms with E-state index in [1.54, 1.807) is 38.5 Å². The monoisotopic (exact) mass is 389 g/mol. The predicted molar refractivity (Wildman–Crippen MR) is 105 cm³/mol. The molecule has 0 spiro atoms. The highest BCUT2D eigenvalue weighted by Crippen LogP contribution is 2.24. The lowest BCUT2D eigenvalue weighted by atomic mass is 10.1. The van der Waals surface area contributed by atoms with Crippen molar-refractivity contribution in [2.75, 3.05) is 27.3 Å². The van der Waals surface area contributed by atoms with E-state index in [0.717, 1.165) is 36.4 Å². The molecule has 0 saturated carbocycles. The van der Waals surface area contributed by atoms with Crippen molar-refractivity contribution in [2.45, 2.75) is 25.6 Å². The SMILES string of the molecule is COc1cc(COC2CCCN(C(=O)c3ccc(Cl)cc3)C2)cc(OC)c1. The van der Waals surface area contributed by atoms with Gasteiger partial charge in [0.25, 0.3) is 5.91 Å². The fourth-order valence-electron chi connectivity index (χ4n) is 3.20. The Morgan fingerprint density at radius 2 is 1.78 bits per heavy atom. The van der Waals surface area contributed by atoms with Crippen LogP contribution in [0.1, 0.15) is 28.8 Å². The summed E-state index contributed by atoms with van der Waals surface area (Å²) in [5.74, 6) is 1.48. The number of amides is 1. The Labute approximate surface area is 164 Å². The average molecular weight is 390 g/mol. The van der Waals surface area contributed by atoms with Gasteiger partial charge in [0.1, 0.15) is 11.5 Å². The number of halogens is 1. The van der Waals surface area contributed by atoms with E-state index >= 15 is 0 Å². The molecule has 1 fully saturated rings. The summed E-state index contributed by atoms with van der Waals surface area (Å²) in [6.45, 7) is 1.78. The molecule has 0 bridgehead atoms. The Bertz CT molecular complexity index is 756. The van der Waals surface area contributed by atoms with Gasteiger partial charge in [0.05, 0.1) is 26.9 Å². The number of hydrogen-bond acceptors (Lipinski definition) is 4. The normalized spacial score (nSPS) is 16.9. The summed E-state index contributed by atoms with van der Waals surface area (Å²) in [6.07, 6.45) is 1.86. The Hall–Kier alpha value is -2.24. The second-order valence-electron chi connectivity index (χ2n) is 6.55. The molecule has 1 atom stereocenters. The maximum Gasteiger partial charge on any atom is 0.253 e. The molecule has 6 heteroatoms. The van der Waals surface area contributed by atoms with Crippen LogP contribution in [0.25, 0.3) is 0 Å². The Balaban J connectivity index is 1.60. The standard InChI is InChI=1S/C21H24ClNO4/c1-25-19-10-15(11-20(12-19)26-2)14-27-18-4-3-9-23(13-18)21(24)16-5-7-17(22)8-6-16/h5-8,10-12,18H,3-4,9,13-14H2,1-2H3. The van der Waals surface area contributed by atoms with Crippen molar-refractivity contribution in [2.24, 2.45) is 0 Å². The van der Waals surface area contributed by atoms with Crippen LogP contribution in [0.4, 0.5) is 0 Å². The first kappa shape index (κ1) is 19.5. The Kier molecular flexibility index (Phi) is 6.58. The van der Waals surface area contributed by atoms with Gasteiger partial charge in [0.2, 0.25) is 0 Å². The van der Waals surface area contributed by atoms with Gasteiger partial charge in [-0.2, -0.15) is 0 Å². The molecule has 1 aliphatic rings. The van der Waals surface area contributed by atoms with E-state index < -0.39 is 0 Å². The summed E-state index contributed by atoms with van der Waals surface area (Å²) < 4.78 is 16.7. The molecule has 0 aromatic heterocycles. The maximum absolute atomic E-state index is 12.7. The van der Waals surface area contributed by atoms with Crippen LogP contribution >= 0.6 is 11.6 Å². The lowest BCUT2D eigenvalue weighted by Crippen LogP contribution is -2.43. The van der Waals surface area contributed by atoms with Gasteiger partial charge in [-0.3, -0.25) is 4.79 Å². The molecular weight excluding hydrogens is 366 g/mol. The molecule has 144 valence electrons. The van der Waals surface area contributed by atoms with Crippen molar-refractivity contribution in [1.82, 2.24) is 4.90 Å². The summed E-state index contributed by atoms with van der Waals surface area (Å²) in [5, 5.41) is 0.625. The van der Waals surface area contributed by atoms with E-state index in [4.69, 9.17) is 25.8 Å².